The largest absolute Gasteiger partial charge is 0.458 e. The Morgan fingerprint density at radius 2 is 1.65 bits per heavy atom. The van der Waals surface area contributed by atoms with Crippen LogP contribution in [0.25, 0.3) is 11.0 Å². The number of thioether (sulfide) groups is 2. The van der Waals surface area contributed by atoms with Gasteiger partial charge in [0.15, 0.2) is 18.3 Å². The van der Waals surface area contributed by atoms with Gasteiger partial charge in [-0.2, -0.15) is 0 Å². The minimum atomic E-state index is -0.927. The molecule has 1 aromatic heterocycles. The number of fused-ring (bicyclic) bond motifs is 1. The Kier molecular flexibility index (Phi) is 7.32. The lowest BCUT2D eigenvalue weighted by atomic mass is 10.1. The Labute approximate surface area is 187 Å². The van der Waals surface area contributed by atoms with Crippen molar-refractivity contribution in [2.75, 3.05) is 5.75 Å². The molecule has 4 atom stereocenters. The standard InChI is InChI=1S/C21H22O8S2/c1-10-7-18(25)29-16-6-5-14(8-15(10)16)31-21-20(28-13(4)24)19(27-12(3)23)17(9-30-21)26-11(2)22/h5-8,17,19-21H,9H2,1-4H3/t17-,19+,20-,21+/m1/s1. The summed E-state index contributed by atoms with van der Waals surface area (Å²) in [5, 5.41) is 0.795. The van der Waals surface area contributed by atoms with Crippen molar-refractivity contribution in [3.05, 3.63) is 40.2 Å². The number of esters is 3. The van der Waals surface area contributed by atoms with Gasteiger partial charge >= 0.3 is 23.5 Å². The van der Waals surface area contributed by atoms with Crippen molar-refractivity contribution in [1.82, 2.24) is 0 Å². The third kappa shape index (κ3) is 5.82. The molecule has 2 aromatic rings. The van der Waals surface area contributed by atoms with Gasteiger partial charge in [-0.05, 0) is 30.7 Å². The number of benzene rings is 1. The molecule has 0 N–H and O–H groups in total. The molecule has 1 saturated heterocycles. The summed E-state index contributed by atoms with van der Waals surface area (Å²) in [5.74, 6) is -1.24. The first kappa shape index (κ1) is 23.2. The molecule has 31 heavy (non-hydrogen) atoms. The van der Waals surface area contributed by atoms with Crippen molar-refractivity contribution in [2.24, 2.45) is 0 Å². The second kappa shape index (κ2) is 9.78. The molecular formula is C21H22O8S2. The molecule has 0 spiro atoms. The van der Waals surface area contributed by atoms with Crippen molar-refractivity contribution in [3.8, 4) is 0 Å². The fourth-order valence-corrected chi connectivity index (χ4v) is 6.14. The van der Waals surface area contributed by atoms with Crippen LogP contribution in [0.2, 0.25) is 0 Å². The van der Waals surface area contributed by atoms with Crippen LogP contribution in [0.1, 0.15) is 26.3 Å². The summed E-state index contributed by atoms with van der Waals surface area (Å²) in [7, 11) is 0. The maximum Gasteiger partial charge on any atom is 0.336 e. The predicted octanol–water partition coefficient (Wildman–Crippen LogP) is 3.06. The summed E-state index contributed by atoms with van der Waals surface area (Å²) in [6.45, 7) is 5.62. The SMILES string of the molecule is CC(=O)O[C@@H]1[C@@H](OC(C)=O)[C@H](Sc2ccc3oc(=O)cc(C)c3c2)SC[C@H]1OC(C)=O. The third-order valence-electron chi connectivity index (χ3n) is 4.48. The topological polar surface area (TPSA) is 109 Å². The first-order valence-electron chi connectivity index (χ1n) is 9.48. The van der Waals surface area contributed by atoms with Crippen molar-refractivity contribution in [3.63, 3.8) is 0 Å². The summed E-state index contributed by atoms with van der Waals surface area (Å²) in [5.41, 5.74) is 0.855. The van der Waals surface area contributed by atoms with Gasteiger partial charge in [-0.3, -0.25) is 14.4 Å². The van der Waals surface area contributed by atoms with Gasteiger partial charge in [0.05, 0.1) is 4.58 Å². The lowest BCUT2D eigenvalue weighted by molar-refractivity contribution is -0.180. The van der Waals surface area contributed by atoms with Crippen LogP contribution in [0.5, 0.6) is 0 Å². The summed E-state index contributed by atoms with van der Waals surface area (Å²) in [6, 6.07) is 6.84. The quantitative estimate of drug-likeness (QED) is 0.370. The first-order valence-corrected chi connectivity index (χ1v) is 11.4. The molecule has 8 nitrogen and oxygen atoms in total. The average molecular weight is 467 g/mol. The van der Waals surface area contributed by atoms with Gasteiger partial charge in [-0.15, -0.1) is 23.5 Å². The lowest BCUT2D eigenvalue weighted by Crippen LogP contribution is -2.53. The average Bonchev–Trinajstić information content (AvgIpc) is 2.65. The van der Waals surface area contributed by atoms with Crippen LogP contribution in [0.15, 0.2) is 38.4 Å². The maximum atomic E-state index is 11.8. The van der Waals surface area contributed by atoms with Gasteiger partial charge in [0.1, 0.15) is 5.58 Å². The van der Waals surface area contributed by atoms with E-state index in [0.717, 1.165) is 15.8 Å². The summed E-state index contributed by atoms with van der Waals surface area (Å²) in [4.78, 5) is 47.4. The molecule has 3 rings (SSSR count). The van der Waals surface area contributed by atoms with E-state index in [1.165, 1.54) is 50.4 Å². The predicted molar refractivity (Wildman–Crippen MR) is 116 cm³/mol. The maximum absolute atomic E-state index is 11.8. The zero-order valence-corrected chi connectivity index (χ0v) is 19.0. The summed E-state index contributed by atoms with van der Waals surface area (Å²) < 4.78 is 21.2. The highest BCUT2D eigenvalue weighted by Crippen LogP contribution is 2.42. The molecule has 1 aliphatic rings. The minimum absolute atomic E-state index is 0.325. The molecule has 10 heteroatoms. The van der Waals surface area contributed by atoms with Gasteiger partial charge in [0.2, 0.25) is 0 Å². The highest BCUT2D eigenvalue weighted by molar-refractivity contribution is 8.17. The number of carbonyl (C=O) groups is 3. The van der Waals surface area contributed by atoms with E-state index in [9.17, 15) is 19.2 Å². The minimum Gasteiger partial charge on any atom is -0.458 e. The molecular weight excluding hydrogens is 444 g/mol. The van der Waals surface area contributed by atoms with Crippen LogP contribution < -0.4 is 5.63 Å². The number of ether oxygens (including phenoxy) is 3. The zero-order valence-electron chi connectivity index (χ0n) is 17.4. The van der Waals surface area contributed by atoms with E-state index in [1.807, 2.05) is 13.0 Å². The van der Waals surface area contributed by atoms with E-state index >= 15 is 0 Å². The molecule has 1 fully saturated rings. The van der Waals surface area contributed by atoms with Crippen LogP contribution in [0.4, 0.5) is 0 Å². The Morgan fingerprint density at radius 1 is 1.00 bits per heavy atom. The normalized spacial score (nSPS) is 23.2. The molecule has 0 amide bonds. The highest BCUT2D eigenvalue weighted by Gasteiger charge is 2.46. The van der Waals surface area contributed by atoms with E-state index < -0.39 is 41.8 Å². The van der Waals surface area contributed by atoms with Gasteiger partial charge in [-0.1, -0.05) is 0 Å². The number of carbonyl (C=O) groups excluding carboxylic acids is 3. The Bertz CT molecular complexity index is 1060. The Balaban J connectivity index is 1.92. The van der Waals surface area contributed by atoms with E-state index in [2.05, 4.69) is 0 Å². The van der Waals surface area contributed by atoms with Crippen LogP contribution >= 0.6 is 23.5 Å². The lowest BCUT2D eigenvalue weighted by Gasteiger charge is -2.39. The molecule has 0 aliphatic carbocycles. The molecule has 0 unspecified atom stereocenters. The molecule has 1 aliphatic heterocycles. The molecule has 2 heterocycles. The Hall–Kier alpha value is -2.46. The van der Waals surface area contributed by atoms with E-state index in [0.29, 0.717) is 11.3 Å². The van der Waals surface area contributed by atoms with Crippen LogP contribution in [-0.2, 0) is 28.6 Å². The molecule has 166 valence electrons. The third-order valence-corrected chi connectivity index (χ3v) is 7.32. The smallest absolute Gasteiger partial charge is 0.336 e. The van der Waals surface area contributed by atoms with E-state index in [-0.39, 0.29) is 4.58 Å². The first-order chi connectivity index (χ1) is 14.6. The van der Waals surface area contributed by atoms with Gasteiger partial charge in [0, 0.05) is 42.9 Å². The molecule has 0 bridgehead atoms. The second-order valence-corrected chi connectivity index (χ2v) is 9.71. The van der Waals surface area contributed by atoms with Crippen molar-refractivity contribution < 1.29 is 33.0 Å². The Morgan fingerprint density at radius 3 is 2.29 bits per heavy atom. The van der Waals surface area contributed by atoms with Gasteiger partial charge in [0.25, 0.3) is 0 Å². The van der Waals surface area contributed by atoms with Crippen molar-refractivity contribution in [2.45, 2.75) is 55.5 Å². The van der Waals surface area contributed by atoms with Gasteiger partial charge < -0.3 is 18.6 Å². The second-order valence-electron chi connectivity index (χ2n) is 7.02. The highest BCUT2D eigenvalue weighted by atomic mass is 32.2. The van der Waals surface area contributed by atoms with Crippen molar-refractivity contribution >= 4 is 52.4 Å². The molecule has 0 radical (unpaired) electrons. The summed E-state index contributed by atoms with van der Waals surface area (Å²) >= 11 is 2.87. The van der Waals surface area contributed by atoms with E-state index in [4.69, 9.17) is 18.6 Å². The zero-order chi connectivity index (χ0) is 22.7. The number of rotatable bonds is 5. The van der Waals surface area contributed by atoms with Crippen LogP contribution in [0.3, 0.4) is 0 Å². The van der Waals surface area contributed by atoms with Crippen molar-refractivity contribution in [1.29, 1.82) is 0 Å². The number of aryl methyl sites for hydroxylation is 1. The molecule has 0 saturated carbocycles. The van der Waals surface area contributed by atoms with Crippen LogP contribution in [-0.4, -0.2) is 46.6 Å². The number of hydrogen-bond acceptors (Lipinski definition) is 10. The fourth-order valence-electron chi connectivity index (χ4n) is 3.32. The van der Waals surface area contributed by atoms with E-state index in [1.54, 1.807) is 12.1 Å². The number of hydrogen-bond donors (Lipinski definition) is 0. The fraction of sp³-hybridized carbons (Fsp3) is 0.429. The molecule has 1 aromatic carbocycles. The van der Waals surface area contributed by atoms with Crippen LogP contribution in [0, 0.1) is 6.92 Å². The monoisotopic (exact) mass is 466 g/mol. The van der Waals surface area contributed by atoms with Gasteiger partial charge in [-0.25, -0.2) is 4.79 Å². The summed E-state index contributed by atoms with van der Waals surface area (Å²) in [6.07, 6.45) is -2.50.